The van der Waals surface area contributed by atoms with Gasteiger partial charge in [-0.2, -0.15) is 5.06 Å². The van der Waals surface area contributed by atoms with E-state index in [1.165, 1.54) is 0 Å². The van der Waals surface area contributed by atoms with Crippen molar-refractivity contribution in [3.8, 4) is 0 Å². The highest BCUT2D eigenvalue weighted by Crippen LogP contribution is 2.45. The molecule has 1 aliphatic heterocycles. The molecular weight excluding hydrogens is 394 g/mol. The Morgan fingerprint density at radius 1 is 1.10 bits per heavy atom. The summed E-state index contributed by atoms with van der Waals surface area (Å²) in [5, 5.41) is 10.9. The predicted octanol–water partition coefficient (Wildman–Crippen LogP) is 5.67. The van der Waals surface area contributed by atoms with E-state index in [-0.39, 0.29) is 42.1 Å². The molecule has 0 radical (unpaired) electrons. The van der Waals surface area contributed by atoms with E-state index >= 15 is 0 Å². The summed E-state index contributed by atoms with van der Waals surface area (Å²) in [4.78, 5) is 29.6. The molecule has 1 heterocycles. The van der Waals surface area contributed by atoms with Crippen molar-refractivity contribution in [2.45, 2.75) is 109 Å². The molecule has 6 heteroatoms. The second kappa shape index (κ2) is 11.1. The first-order valence-electron chi connectivity index (χ1n) is 11.6. The van der Waals surface area contributed by atoms with E-state index in [4.69, 9.17) is 14.7 Å². The van der Waals surface area contributed by atoms with Gasteiger partial charge in [0, 0.05) is 36.8 Å². The fraction of sp³-hybridized carbons (Fsp3) is 0.680. The third-order valence-electron chi connectivity index (χ3n) is 6.48. The maximum Gasteiger partial charge on any atom is 0.306 e. The van der Waals surface area contributed by atoms with Crippen LogP contribution in [0.15, 0.2) is 30.3 Å². The van der Waals surface area contributed by atoms with Crippen LogP contribution in [-0.4, -0.2) is 39.3 Å². The number of carboxylic acids is 1. The molecule has 0 aromatic heterocycles. The fourth-order valence-corrected chi connectivity index (χ4v) is 4.76. The van der Waals surface area contributed by atoms with E-state index in [9.17, 15) is 9.59 Å². The number of unbranched alkanes of at least 4 members (excludes halogenated alkanes) is 1. The molecule has 1 N–H and O–H groups in total. The monoisotopic (exact) mass is 433 g/mol. The quantitative estimate of drug-likeness (QED) is 0.358. The van der Waals surface area contributed by atoms with Gasteiger partial charge in [0.2, 0.25) is 0 Å². The van der Waals surface area contributed by atoms with Gasteiger partial charge in [-0.15, -0.1) is 0 Å². The number of nitrogens with zero attached hydrogens (tertiary/aromatic N) is 1. The fourth-order valence-electron chi connectivity index (χ4n) is 4.76. The molecule has 1 aliphatic rings. The summed E-state index contributed by atoms with van der Waals surface area (Å²) < 4.78 is 5.86. The molecule has 1 saturated heterocycles. The summed E-state index contributed by atoms with van der Waals surface area (Å²) >= 11 is 0. The molecule has 6 nitrogen and oxygen atoms in total. The Morgan fingerprint density at radius 2 is 1.71 bits per heavy atom. The molecule has 0 aliphatic carbocycles. The lowest BCUT2D eigenvalue weighted by Crippen LogP contribution is -2.64. The van der Waals surface area contributed by atoms with Crippen molar-refractivity contribution in [1.29, 1.82) is 0 Å². The summed E-state index contributed by atoms with van der Waals surface area (Å²) in [6, 6.07) is 10.2. The van der Waals surface area contributed by atoms with Crippen LogP contribution >= 0.6 is 0 Å². The van der Waals surface area contributed by atoms with Crippen molar-refractivity contribution in [3.05, 3.63) is 35.9 Å². The molecule has 2 rings (SSSR count). The zero-order chi connectivity index (χ0) is 23.1. The summed E-state index contributed by atoms with van der Waals surface area (Å²) in [6.45, 7) is 10.7. The number of esters is 1. The van der Waals surface area contributed by atoms with Gasteiger partial charge in [0.1, 0.15) is 12.2 Å². The summed E-state index contributed by atoms with van der Waals surface area (Å²) in [6.07, 6.45) is 4.33. The van der Waals surface area contributed by atoms with Gasteiger partial charge in [-0.3, -0.25) is 14.4 Å². The zero-order valence-corrected chi connectivity index (χ0v) is 19.7. The number of benzene rings is 1. The molecule has 1 aromatic rings. The van der Waals surface area contributed by atoms with Crippen molar-refractivity contribution in [2.24, 2.45) is 0 Å². The van der Waals surface area contributed by atoms with Gasteiger partial charge in [0.25, 0.3) is 0 Å². The van der Waals surface area contributed by atoms with Crippen molar-refractivity contribution in [2.75, 3.05) is 0 Å². The highest BCUT2D eigenvalue weighted by Gasteiger charge is 2.51. The Balaban J connectivity index is 2.08. The van der Waals surface area contributed by atoms with E-state index < -0.39 is 5.97 Å². The van der Waals surface area contributed by atoms with Gasteiger partial charge in [0.15, 0.2) is 0 Å². The minimum atomic E-state index is -0.831. The number of hydrogen-bond acceptors (Lipinski definition) is 5. The van der Waals surface area contributed by atoms with Crippen LogP contribution in [0.25, 0.3) is 0 Å². The van der Waals surface area contributed by atoms with Crippen LogP contribution in [0.1, 0.15) is 97.7 Å². The molecule has 0 bridgehead atoms. The van der Waals surface area contributed by atoms with Gasteiger partial charge in [-0.1, -0.05) is 44.2 Å². The number of rotatable bonds is 11. The van der Waals surface area contributed by atoms with E-state index in [2.05, 4.69) is 51.8 Å². The summed E-state index contributed by atoms with van der Waals surface area (Å²) in [7, 11) is 0. The second-order valence-corrected chi connectivity index (χ2v) is 9.32. The Labute approximate surface area is 186 Å². The van der Waals surface area contributed by atoms with Crippen LogP contribution in [0.2, 0.25) is 0 Å². The maximum absolute atomic E-state index is 12.4. The molecule has 174 valence electrons. The van der Waals surface area contributed by atoms with Crippen molar-refractivity contribution >= 4 is 11.9 Å². The normalized spacial score (nSPS) is 21.4. The molecule has 0 spiro atoms. The number of piperidine rings is 1. The van der Waals surface area contributed by atoms with Crippen LogP contribution in [0.3, 0.4) is 0 Å². The summed E-state index contributed by atoms with van der Waals surface area (Å²) in [5.74, 6) is -1.07. The molecular formula is C25H39NO5. The highest BCUT2D eigenvalue weighted by molar-refractivity contribution is 5.70. The smallest absolute Gasteiger partial charge is 0.306 e. The Morgan fingerprint density at radius 3 is 2.29 bits per heavy atom. The predicted molar refractivity (Wildman–Crippen MR) is 120 cm³/mol. The molecule has 2 unspecified atom stereocenters. The number of aliphatic carboxylic acids is 1. The number of carbonyl (C=O) groups excluding carboxylic acids is 1. The highest BCUT2D eigenvalue weighted by atomic mass is 16.7. The van der Waals surface area contributed by atoms with Gasteiger partial charge >= 0.3 is 11.9 Å². The van der Waals surface area contributed by atoms with Crippen molar-refractivity contribution in [1.82, 2.24) is 5.06 Å². The number of ether oxygens (including phenoxy) is 1. The zero-order valence-electron chi connectivity index (χ0n) is 19.7. The van der Waals surface area contributed by atoms with Crippen LogP contribution in [-0.2, 0) is 19.2 Å². The second-order valence-electron chi connectivity index (χ2n) is 9.32. The van der Waals surface area contributed by atoms with Crippen molar-refractivity contribution in [3.63, 3.8) is 0 Å². The van der Waals surface area contributed by atoms with Gasteiger partial charge in [-0.25, -0.2) is 0 Å². The third kappa shape index (κ3) is 6.78. The largest absolute Gasteiger partial charge is 0.481 e. The van der Waals surface area contributed by atoms with E-state index in [0.717, 1.165) is 24.8 Å². The van der Waals surface area contributed by atoms with Crippen LogP contribution < -0.4 is 0 Å². The first kappa shape index (κ1) is 25.3. The minimum absolute atomic E-state index is 0.0775. The van der Waals surface area contributed by atoms with Gasteiger partial charge in [-0.05, 0) is 52.0 Å². The first-order valence-corrected chi connectivity index (χ1v) is 11.6. The van der Waals surface area contributed by atoms with Crippen molar-refractivity contribution < 1.29 is 24.3 Å². The Bertz CT molecular complexity index is 714. The average Bonchev–Trinajstić information content (AvgIpc) is 2.73. The maximum atomic E-state index is 12.4. The number of hydrogen-bond donors (Lipinski definition) is 1. The lowest BCUT2D eigenvalue weighted by molar-refractivity contribution is -0.323. The van der Waals surface area contributed by atoms with E-state index in [1.54, 1.807) is 0 Å². The summed E-state index contributed by atoms with van der Waals surface area (Å²) in [5.41, 5.74) is 0.606. The van der Waals surface area contributed by atoms with Crippen LogP contribution in [0.4, 0.5) is 0 Å². The average molecular weight is 434 g/mol. The van der Waals surface area contributed by atoms with E-state index in [0.29, 0.717) is 19.3 Å². The standard InChI is InChI=1S/C25H39NO5/c1-6-25(7-2)18-21(30-23(29)16-12-11-15-22(27)28)17-24(4,5)26(25)31-19(3)20-13-9-8-10-14-20/h8-10,13-14,19,21H,6-7,11-12,15-18H2,1-5H3,(H,27,28). The number of hydroxylamine groups is 2. The molecule has 1 fully saturated rings. The first-order chi connectivity index (χ1) is 14.6. The Kier molecular flexibility index (Phi) is 9.07. The topological polar surface area (TPSA) is 76.1 Å². The van der Waals surface area contributed by atoms with Crippen LogP contribution in [0.5, 0.6) is 0 Å². The SMILES string of the molecule is CCC1(CC)CC(OC(=O)CCCCC(=O)O)CC(C)(C)N1OC(C)c1ccccc1. The molecule has 31 heavy (non-hydrogen) atoms. The lowest BCUT2D eigenvalue weighted by Gasteiger charge is -2.56. The third-order valence-corrected chi connectivity index (χ3v) is 6.48. The van der Waals surface area contributed by atoms with Gasteiger partial charge < -0.3 is 9.84 Å². The van der Waals surface area contributed by atoms with E-state index in [1.807, 2.05) is 18.2 Å². The number of carboxylic acid groups (broad SMARTS) is 1. The van der Waals surface area contributed by atoms with Crippen LogP contribution in [0, 0.1) is 0 Å². The Hall–Kier alpha value is -1.92. The lowest BCUT2D eigenvalue weighted by atomic mass is 9.75. The molecule has 1 aromatic carbocycles. The number of carbonyl (C=O) groups is 2. The molecule has 0 amide bonds. The molecule has 0 saturated carbocycles. The molecule has 2 atom stereocenters. The minimum Gasteiger partial charge on any atom is -0.481 e. The van der Waals surface area contributed by atoms with Gasteiger partial charge in [0.05, 0.1) is 0 Å².